The SMILES string of the molecule is Cc1ncc(O)c(=O)[nH]1.[Y]. The first-order valence-corrected chi connectivity index (χ1v) is 2.45. The van der Waals surface area contributed by atoms with Crippen LogP contribution in [0.3, 0.4) is 0 Å². The number of hydrogen-bond acceptors (Lipinski definition) is 3. The third-order valence-electron chi connectivity index (χ3n) is 0.908. The Morgan fingerprint density at radius 3 is 2.70 bits per heavy atom. The van der Waals surface area contributed by atoms with Crippen LogP contribution >= 0.6 is 0 Å². The van der Waals surface area contributed by atoms with Crippen LogP contribution in [0.2, 0.25) is 0 Å². The number of H-pyrrole nitrogens is 1. The van der Waals surface area contributed by atoms with Crippen molar-refractivity contribution in [2.75, 3.05) is 0 Å². The van der Waals surface area contributed by atoms with Crippen LogP contribution < -0.4 is 5.56 Å². The van der Waals surface area contributed by atoms with E-state index in [4.69, 9.17) is 5.11 Å². The van der Waals surface area contributed by atoms with Crippen LogP contribution in [-0.4, -0.2) is 15.1 Å². The molecule has 0 saturated heterocycles. The van der Waals surface area contributed by atoms with E-state index in [0.717, 1.165) is 6.20 Å². The summed E-state index contributed by atoms with van der Waals surface area (Å²) in [7, 11) is 0. The summed E-state index contributed by atoms with van der Waals surface area (Å²) in [5, 5.41) is 8.64. The third kappa shape index (κ3) is 2.19. The van der Waals surface area contributed by atoms with E-state index in [1.807, 2.05) is 0 Å². The van der Waals surface area contributed by atoms with Gasteiger partial charge in [0.15, 0.2) is 5.75 Å². The molecule has 4 nitrogen and oxygen atoms in total. The third-order valence-corrected chi connectivity index (χ3v) is 0.908. The molecule has 1 radical (unpaired) electrons. The first-order valence-electron chi connectivity index (χ1n) is 2.45. The second-order valence-electron chi connectivity index (χ2n) is 1.68. The molecule has 0 spiro atoms. The Balaban J connectivity index is 0.000000810. The van der Waals surface area contributed by atoms with Gasteiger partial charge in [-0.3, -0.25) is 4.79 Å². The molecule has 1 aromatic rings. The van der Waals surface area contributed by atoms with Crippen molar-refractivity contribution in [3.05, 3.63) is 22.4 Å². The van der Waals surface area contributed by atoms with Gasteiger partial charge in [0, 0.05) is 32.7 Å². The monoisotopic (exact) mass is 215 g/mol. The van der Waals surface area contributed by atoms with Gasteiger partial charge in [0.25, 0.3) is 5.56 Å². The van der Waals surface area contributed by atoms with Crippen molar-refractivity contribution in [3.63, 3.8) is 0 Å². The summed E-state index contributed by atoms with van der Waals surface area (Å²) in [6, 6.07) is 0. The molecule has 1 rings (SSSR count). The van der Waals surface area contributed by atoms with Crippen molar-refractivity contribution < 1.29 is 37.8 Å². The molecule has 5 heteroatoms. The summed E-state index contributed by atoms with van der Waals surface area (Å²) >= 11 is 0. The van der Waals surface area contributed by atoms with E-state index in [1.165, 1.54) is 0 Å². The molecule has 10 heavy (non-hydrogen) atoms. The van der Waals surface area contributed by atoms with E-state index in [1.54, 1.807) is 6.92 Å². The molecule has 0 amide bonds. The molecule has 2 N–H and O–H groups in total. The van der Waals surface area contributed by atoms with Crippen molar-refractivity contribution in [2.24, 2.45) is 0 Å². The summed E-state index contributed by atoms with van der Waals surface area (Å²) in [4.78, 5) is 16.4. The second kappa shape index (κ2) is 3.83. The van der Waals surface area contributed by atoms with Gasteiger partial charge in [0.2, 0.25) is 0 Å². The number of rotatable bonds is 0. The van der Waals surface area contributed by atoms with Gasteiger partial charge in [-0.2, -0.15) is 0 Å². The van der Waals surface area contributed by atoms with Crippen molar-refractivity contribution >= 4 is 0 Å². The molecule has 1 heterocycles. The van der Waals surface area contributed by atoms with Gasteiger partial charge in [-0.15, -0.1) is 0 Å². The Hall–Kier alpha value is -0.216. The minimum Gasteiger partial charge on any atom is -0.502 e. The number of aryl methyl sites for hydroxylation is 1. The van der Waals surface area contributed by atoms with Gasteiger partial charge in [-0.1, -0.05) is 0 Å². The van der Waals surface area contributed by atoms with Gasteiger partial charge in [-0.05, 0) is 6.92 Å². The average Bonchev–Trinajstić information content (AvgIpc) is 1.80. The van der Waals surface area contributed by atoms with E-state index in [0.29, 0.717) is 5.82 Å². The molecule has 0 aromatic carbocycles. The number of hydrogen-bond donors (Lipinski definition) is 2. The zero-order valence-corrected chi connectivity index (χ0v) is 8.30. The first-order chi connectivity index (χ1) is 4.20. The van der Waals surface area contributed by atoms with Crippen LogP contribution in [0.25, 0.3) is 0 Å². The molecule has 0 aliphatic carbocycles. The fourth-order valence-electron chi connectivity index (χ4n) is 0.477. The fourth-order valence-corrected chi connectivity index (χ4v) is 0.477. The van der Waals surface area contributed by atoms with E-state index >= 15 is 0 Å². The van der Waals surface area contributed by atoms with E-state index in [-0.39, 0.29) is 38.5 Å². The van der Waals surface area contributed by atoms with Gasteiger partial charge < -0.3 is 10.1 Å². The van der Waals surface area contributed by atoms with Crippen LogP contribution in [0.5, 0.6) is 5.75 Å². The molecule has 0 atom stereocenters. The zero-order chi connectivity index (χ0) is 6.85. The predicted octanol–water partition coefficient (Wildman–Crippen LogP) is -0.219. The number of nitrogens with zero attached hydrogens (tertiary/aromatic N) is 1. The number of aromatic nitrogens is 2. The van der Waals surface area contributed by atoms with Crippen molar-refractivity contribution in [1.29, 1.82) is 0 Å². The number of aromatic hydroxyl groups is 1. The van der Waals surface area contributed by atoms with Crippen molar-refractivity contribution in [1.82, 2.24) is 9.97 Å². The maximum absolute atomic E-state index is 10.5. The van der Waals surface area contributed by atoms with Crippen molar-refractivity contribution in [2.45, 2.75) is 6.92 Å². The van der Waals surface area contributed by atoms with E-state index < -0.39 is 5.56 Å². The summed E-state index contributed by atoms with van der Waals surface area (Å²) in [6.45, 7) is 1.64. The fraction of sp³-hybridized carbons (Fsp3) is 0.200. The minimum absolute atomic E-state index is 0. The van der Waals surface area contributed by atoms with Crippen LogP contribution in [0.4, 0.5) is 0 Å². The minimum atomic E-state index is -0.498. The molecule has 0 saturated carbocycles. The van der Waals surface area contributed by atoms with Crippen LogP contribution in [0.15, 0.2) is 11.0 Å². The Kier molecular flexibility index (Phi) is 3.75. The largest absolute Gasteiger partial charge is 0.502 e. The maximum Gasteiger partial charge on any atom is 0.293 e. The van der Waals surface area contributed by atoms with Gasteiger partial charge in [0.1, 0.15) is 5.82 Å². The topological polar surface area (TPSA) is 66.0 Å². The molecule has 1 aromatic heterocycles. The van der Waals surface area contributed by atoms with Gasteiger partial charge >= 0.3 is 0 Å². The molecular formula is C5H6N2O2Y. The molecular weight excluding hydrogens is 209 g/mol. The summed E-state index contributed by atoms with van der Waals surface area (Å²) in [5.74, 6) is 0.151. The molecule has 0 unspecified atom stereocenters. The summed E-state index contributed by atoms with van der Waals surface area (Å²) in [6.07, 6.45) is 1.12. The smallest absolute Gasteiger partial charge is 0.293 e. The summed E-state index contributed by atoms with van der Waals surface area (Å²) < 4.78 is 0. The Bertz CT molecular complexity index is 271. The Labute approximate surface area is 82.6 Å². The predicted molar refractivity (Wildman–Crippen MR) is 31.3 cm³/mol. The first kappa shape index (κ1) is 9.78. The average molecular weight is 215 g/mol. The quantitative estimate of drug-likeness (QED) is 0.628. The van der Waals surface area contributed by atoms with E-state index in [9.17, 15) is 4.79 Å². The Morgan fingerprint density at radius 1 is 1.70 bits per heavy atom. The molecule has 51 valence electrons. The molecule has 0 aliphatic heterocycles. The zero-order valence-electron chi connectivity index (χ0n) is 5.46. The van der Waals surface area contributed by atoms with Crippen LogP contribution in [-0.2, 0) is 32.7 Å². The second-order valence-corrected chi connectivity index (χ2v) is 1.68. The number of aromatic amines is 1. The molecule has 0 bridgehead atoms. The maximum atomic E-state index is 10.5. The standard InChI is InChI=1S/C5H6N2O2.Y/c1-3-6-2-4(8)5(9)7-3;/h2,8H,1H3,(H,6,7,9);. The summed E-state index contributed by atoms with van der Waals surface area (Å²) in [5.41, 5.74) is -0.498. The Morgan fingerprint density at radius 2 is 2.30 bits per heavy atom. The molecule has 0 aliphatic rings. The number of nitrogens with one attached hydrogen (secondary N) is 1. The van der Waals surface area contributed by atoms with Crippen LogP contribution in [0.1, 0.15) is 5.82 Å². The van der Waals surface area contributed by atoms with Gasteiger partial charge in [-0.25, -0.2) is 4.98 Å². The normalized spacial score (nSPS) is 8.50. The van der Waals surface area contributed by atoms with E-state index in [2.05, 4.69) is 9.97 Å². The van der Waals surface area contributed by atoms with Crippen molar-refractivity contribution in [3.8, 4) is 5.75 Å². The molecule has 0 fully saturated rings. The van der Waals surface area contributed by atoms with Crippen LogP contribution in [0, 0.1) is 6.92 Å². The van der Waals surface area contributed by atoms with Gasteiger partial charge in [0.05, 0.1) is 6.20 Å².